The molecule has 5 heteroatoms. The molecule has 1 aromatic heterocycles. The molecule has 0 aliphatic carbocycles. The fourth-order valence-electron chi connectivity index (χ4n) is 1.83. The van der Waals surface area contributed by atoms with E-state index in [1.807, 2.05) is 18.2 Å². The molecule has 1 unspecified atom stereocenters. The highest BCUT2D eigenvalue weighted by molar-refractivity contribution is 5.33. The molecule has 0 saturated heterocycles. The third-order valence-electron chi connectivity index (χ3n) is 2.87. The van der Waals surface area contributed by atoms with Crippen LogP contribution < -0.4 is 5.32 Å². The molecule has 2 aromatic rings. The standard InChI is InChI=1S/C14H16N4O/c1-10(13-5-3-4-12(8-13)9-15)16-7-6-14-17-11(2)18-19-14/h3-5,8,10,16H,6-7H2,1-2H3. The molecule has 0 amide bonds. The van der Waals surface area contributed by atoms with Gasteiger partial charge in [-0.2, -0.15) is 10.2 Å². The Bertz CT molecular complexity index is 585. The summed E-state index contributed by atoms with van der Waals surface area (Å²) in [5.41, 5.74) is 1.78. The largest absolute Gasteiger partial charge is 0.339 e. The molecule has 0 bridgehead atoms. The molecule has 2 rings (SSSR count). The summed E-state index contributed by atoms with van der Waals surface area (Å²) < 4.78 is 5.04. The molecule has 0 aliphatic heterocycles. The second-order valence-corrected chi connectivity index (χ2v) is 4.40. The molecule has 1 N–H and O–H groups in total. The van der Waals surface area contributed by atoms with Gasteiger partial charge in [0.1, 0.15) is 0 Å². The maximum absolute atomic E-state index is 8.87. The van der Waals surface area contributed by atoms with E-state index in [9.17, 15) is 0 Å². The van der Waals surface area contributed by atoms with E-state index < -0.39 is 0 Å². The van der Waals surface area contributed by atoms with Crippen molar-refractivity contribution in [1.29, 1.82) is 5.26 Å². The molecule has 1 atom stereocenters. The van der Waals surface area contributed by atoms with Crippen molar-refractivity contribution in [2.24, 2.45) is 0 Å². The van der Waals surface area contributed by atoms with Gasteiger partial charge in [0.15, 0.2) is 5.82 Å². The summed E-state index contributed by atoms with van der Waals surface area (Å²) in [4.78, 5) is 4.15. The van der Waals surface area contributed by atoms with Crippen LogP contribution in [-0.4, -0.2) is 16.7 Å². The molecule has 0 saturated carbocycles. The summed E-state index contributed by atoms with van der Waals surface area (Å²) in [5.74, 6) is 1.30. The van der Waals surface area contributed by atoms with E-state index in [2.05, 4.69) is 28.5 Å². The topological polar surface area (TPSA) is 74.7 Å². The van der Waals surface area contributed by atoms with Gasteiger partial charge in [-0.15, -0.1) is 0 Å². The molecule has 0 aliphatic rings. The fourth-order valence-corrected chi connectivity index (χ4v) is 1.83. The fraction of sp³-hybridized carbons (Fsp3) is 0.357. The first-order chi connectivity index (χ1) is 9.19. The van der Waals surface area contributed by atoms with Crippen LogP contribution in [0.2, 0.25) is 0 Å². The second-order valence-electron chi connectivity index (χ2n) is 4.40. The molecule has 1 heterocycles. The Labute approximate surface area is 112 Å². The Hall–Kier alpha value is -2.19. The Balaban J connectivity index is 1.87. The lowest BCUT2D eigenvalue weighted by Gasteiger charge is -2.13. The third-order valence-corrected chi connectivity index (χ3v) is 2.87. The summed E-state index contributed by atoms with van der Waals surface area (Å²) in [6.45, 7) is 4.62. The number of aromatic nitrogens is 2. The molecule has 5 nitrogen and oxygen atoms in total. The second kappa shape index (κ2) is 6.12. The highest BCUT2D eigenvalue weighted by Crippen LogP contribution is 2.13. The monoisotopic (exact) mass is 256 g/mol. The van der Waals surface area contributed by atoms with Crippen LogP contribution in [0.3, 0.4) is 0 Å². The van der Waals surface area contributed by atoms with E-state index in [0.29, 0.717) is 23.7 Å². The van der Waals surface area contributed by atoms with Crippen LogP contribution in [0.25, 0.3) is 0 Å². The van der Waals surface area contributed by atoms with E-state index in [1.54, 1.807) is 13.0 Å². The minimum atomic E-state index is 0.178. The Morgan fingerprint density at radius 2 is 2.32 bits per heavy atom. The average Bonchev–Trinajstić information content (AvgIpc) is 2.84. The van der Waals surface area contributed by atoms with Crippen LogP contribution in [0, 0.1) is 18.3 Å². The number of hydrogen-bond donors (Lipinski definition) is 1. The lowest BCUT2D eigenvalue weighted by molar-refractivity contribution is 0.370. The van der Waals surface area contributed by atoms with Crippen molar-refractivity contribution in [2.45, 2.75) is 26.3 Å². The predicted molar refractivity (Wildman–Crippen MR) is 70.3 cm³/mol. The van der Waals surface area contributed by atoms with Crippen LogP contribution >= 0.6 is 0 Å². The van der Waals surface area contributed by atoms with Gasteiger partial charge in [0.05, 0.1) is 11.6 Å². The van der Waals surface area contributed by atoms with Crippen LogP contribution in [0.4, 0.5) is 0 Å². The molecule has 0 spiro atoms. The number of aryl methyl sites for hydroxylation is 1. The van der Waals surface area contributed by atoms with Gasteiger partial charge < -0.3 is 9.84 Å². The summed E-state index contributed by atoms with van der Waals surface area (Å²) in [7, 11) is 0. The zero-order valence-corrected chi connectivity index (χ0v) is 11.1. The quantitative estimate of drug-likeness (QED) is 0.887. The van der Waals surface area contributed by atoms with E-state index in [0.717, 1.165) is 12.1 Å². The highest BCUT2D eigenvalue weighted by atomic mass is 16.5. The number of nitriles is 1. The van der Waals surface area contributed by atoms with Crippen molar-refractivity contribution < 1.29 is 4.52 Å². The predicted octanol–water partition coefficient (Wildman–Crippen LogP) is 2.14. The highest BCUT2D eigenvalue weighted by Gasteiger charge is 2.07. The zero-order valence-electron chi connectivity index (χ0n) is 11.1. The van der Waals surface area contributed by atoms with Gasteiger partial charge >= 0.3 is 0 Å². The molecule has 0 fully saturated rings. The maximum Gasteiger partial charge on any atom is 0.227 e. The normalized spacial score (nSPS) is 12.1. The summed E-state index contributed by atoms with van der Waals surface area (Å²) >= 11 is 0. The lowest BCUT2D eigenvalue weighted by atomic mass is 10.1. The Morgan fingerprint density at radius 1 is 1.47 bits per heavy atom. The van der Waals surface area contributed by atoms with Gasteiger partial charge in [-0.25, -0.2) is 0 Å². The first-order valence-corrected chi connectivity index (χ1v) is 6.21. The smallest absolute Gasteiger partial charge is 0.227 e. The van der Waals surface area contributed by atoms with Crippen LogP contribution in [0.1, 0.15) is 35.8 Å². The van der Waals surface area contributed by atoms with Crippen molar-refractivity contribution in [3.63, 3.8) is 0 Å². The van der Waals surface area contributed by atoms with E-state index >= 15 is 0 Å². The van der Waals surface area contributed by atoms with E-state index in [1.165, 1.54) is 0 Å². The molecule has 0 radical (unpaired) electrons. The lowest BCUT2D eigenvalue weighted by Crippen LogP contribution is -2.21. The summed E-state index contributed by atoms with van der Waals surface area (Å²) in [6, 6.07) is 9.93. The number of nitrogens with zero attached hydrogens (tertiary/aromatic N) is 3. The molecular weight excluding hydrogens is 240 g/mol. The van der Waals surface area contributed by atoms with Crippen molar-refractivity contribution in [1.82, 2.24) is 15.5 Å². The minimum Gasteiger partial charge on any atom is -0.339 e. The summed E-state index contributed by atoms with van der Waals surface area (Å²) in [6.07, 6.45) is 0.698. The van der Waals surface area contributed by atoms with Gasteiger partial charge in [0, 0.05) is 19.0 Å². The van der Waals surface area contributed by atoms with Crippen LogP contribution in [0.5, 0.6) is 0 Å². The average molecular weight is 256 g/mol. The van der Waals surface area contributed by atoms with Gasteiger partial charge in [0.2, 0.25) is 5.89 Å². The number of rotatable bonds is 5. The van der Waals surface area contributed by atoms with Crippen LogP contribution in [0.15, 0.2) is 28.8 Å². The van der Waals surface area contributed by atoms with Gasteiger partial charge in [-0.3, -0.25) is 0 Å². The molecule has 98 valence electrons. The first kappa shape index (κ1) is 13.2. The first-order valence-electron chi connectivity index (χ1n) is 6.21. The SMILES string of the molecule is Cc1noc(CCNC(C)c2cccc(C#N)c2)n1. The molecule has 19 heavy (non-hydrogen) atoms. The van der Waals surface area contributed by atoms with Crippen molar-refractivity contribution in [2.75, 3.05) is 6.54 Å². The van der Waals surface area contributed by atoms with Crippen molar-refractivity contribution in [3.8, 4) is 6.07 Å². The zero-order chi connectivity index (χ0) is 13.7. The number of benzene rings is 1. The van der Waals surface area contributed by atoms with Gasteiger partial charge in [-0.05, 0) is 31.5 Å². The Kier molecular flexibility index (Phi) is 4.26. The summed E-state index contributed by atoms with van der Waals surface area (Å²) in [5, 5.41) is 16.0. The maximum atomic E-state index is 8.87. The number of nitrogens with one attached hydrogen (secondary N) is 1. The van der Waals surface area contributed by atoms with E-state index in [4.69, 9.17) is 9.78 Å². The van der Waals surface area contributed by atoms with Crippen LogP contribution in [-0.2, 0) is 6.42 Å². The Morgan fingerprint density at radius 3 is 3.00 bits per heavy atom. The van der Waals surface area contributed by atoms with Gasteiger partial charge in [-0.1, -0.05) is 17.3 Å². The third kappa shape index (κ3) is 3.63. The van der Waals surface area contributed by atoms with Crippen molar-refractivity contribution >= 4 is 0 Å². The minimum absolute atomic E-state index is 0.178. The molecular formula is C14H16N4O. The molecule has 1 aromatic carbocycles. The van der Waals surface area contributed by atoms with E-state index in [-0.39, 0.29) is 6.04 Å². The number of hydrogen-bond acceptors (Lipinski definition) is 5. The van der Waals surface area contributed by atoms with Crippen molar-refractivity contribution in [3.05, 3.63) is 47.1 Å². The van der Waals surface area contributed by atoms with Gasteiger partial charge in [0.25, 0.3) is 0 Å².